The van der Waals surface area contributed by atoms with Crippen LogP contribution in [0.4, 0.5) is 20.7 Å². The van der Waals surface area contributed by atoms with Gasteiger partial charge in [-0.15, -0.1) is 16.2 Å². The lowest BCUT2D eigenvalue weighted by atomic mass is 10.2. The number of aryl methyl sites for hydroxylation is 1. The van der Waals surface area contributed by atoms with Gasteiger partial charge in [0.1, 0.15) is 45.1 Å². The van der Waals surface area contributed by atoms with Crippen LogP contribution in [0.5, 0.6) is 5.75 Å². The average molecular weight is 502 g/mol. The minimum atomic E-state index is -0.877. The summed E-state index contributed by atoms with van der Waals surface area (Å²) in [7, 11) is 0. The Bertz CT molecular complexity index is 1310. The van der Waals surface area contributed by atoms with Crippen LogP contribution in [0, 0.1) is 17.6 Å². The Balaban J connectivity index is 1.57. The van der Waals surface area contributed by atoms with Crippen LogP contribution in [0.3, 0.4) is 0 Å². The number of anilines is 2. The van der Waals surface area contributed by atoms with E-state index in [1.54, 1.807) is 32.6 Å². The molecular formula is C23H24FN5O5S. The van der Waals surface area contributed by atoms with Crippen molar-refractivity contribution in [2.24, 2.45) is 5.18 Å². The van der Waals surface area contributed by atoms with Gasteiger partial charge in [-0.1, -0.05) is 0 Å². The van der Waals surface area contributed by atoms with Crippen molar-refractivity contribution < 1.29 is 23.5 Å². The molecule has 184 valence electrons. The van der Waals surface area contributed by atoms with Gasteiger partial charge in [-0.05, 0) is 45.4 Å². The molecule has 4 rings (SSSR count). The first-order valence-corrected chi connectivity index (χ1v) is 11.7. The zero-order valence-electron chi connectivity index (χ0n) is 19.6. The fraction of sp³-hybridized carbons (Fsp3) is 0.391. The molecule has 12 heteroatoms. The van der Waals surface area contributed by atoms with Gasteiger partial charge in [0, 0.05) is 24.2 Å². The summed E-state index contributed by atoms with van der Waals surface area (Å²) in [4.78, 5) is 45.7. The van der Waals surface area contributed by atoms with Crippen molar-refractivity contribution in [1.82, 2.24) is 14.9 Å². The smallest absolute Gasteiger partial charge is 0.410 e. The zero-order chi connectivity index (χ0) is 25.3. The molecule has 3 heterocycles. The molecule has 35 heavy (non-hydrogen) atoms. The van der Waals surface area contributed by atoms with Crippen LogP contribution in [0.15, 0.2) is 29.7 Å². The zero-order valence-corrected chi connectivity index (χ0v) is 20.4. The number of nitroso groups, excluding NO2 is 1. The van der Waals surface area contributed by atoms with E-state index in [0.29, 0.717) is 46.8 Å². The highest BCUT2D eigenvalue weighted by Crippen LogP contribution is 2.37. The van der Waals surface area contributed by atoms with Gasteiger partial charge >= 0.3 is 12.0 Å². The molecule has 0 saturated carbocycles. The van der Waals surface area contributed by atoms with E-state index < -0.39 is 23.4 Å². The third-order valence-electron chi connectivity index (χ3n) is 5.29. The standard InChI is InChI=1S/C23H24FN5O5S/c1-12-17-19(25-11-26-21(17)35-18(12)20(30)28-32)27-15-6-5-13(24)9-16(15)33-14-7-8-29(10-14)22(31)34-23(2,3)4/h5-6,9,11,14H,7-8,10H2,1-4H3,(H,25,26,27)/t14-/m1/s1. The number of ether oxygens (including phenoxy) is 2. The fourth-order valence-electron chi connectivity index (χ4n) is 3.73. The van der Waals surface area contributed by atoms with Crippen molar-refractivity contribution in [3.63, 3.8) is 0 Å². The predicted molar refractivity (Wildman–Crippen MR) is 129 cm³/mol. The number of nitrogens with one attached hydrogen (secondary N) is 1. The lowest BCUT2D eigenvalue weighted by Crippen LogP contribution is -2.36. The molecular weight excluding hydrogens is 477 g/mol. The Labute approximate surface area is 204 Å². The summed E-state index contributed by atoms with van der Waals surface area (Å²) in [6, 6.07) is 4.05. The number of nitrogens with zero attached hydrogens (tertiary/aromatic N) is 4. The highest BCUT2D eigenvalue weighted by atomic mass is 32.1. The van der Waals surface area contributed by atoms with Crippen molar-refractivity contribution in [3.8, 4) is 5.75 Å². The first-order chi connectivity index (χ1) is 16.6. The monoisotopic (exact) mass is 501 g/mol. The average Bonchev–Trinajstić information content (AvgIpc) is 3.39. The van der Waals surface area contributed by atoms with Crippen LogP contribution in [-0.4, -0.2) is 51.7 Å². The highest BCUT2D eigenvalue weighted by Gasteiger charge is 2.31. The van der Waals surface area contributed by atoms with Crippen molar-refractivity contribution in [2.45, 2.75) is 45.8 Å². The second-order valence-corrected chi connectivity index (χ2v) is 10.1. The van der Waals surface area contributed by atoms with Crippen molar-refractivity contribution >= 4 is 45.1 Å². The molecule has 2 amide bonds. The molecule has 0 aliphatic carbocycles. The van der Waals surface area contributed by atoms with E-state index >= 15 is 0 Å². The molecule has 1 aromatic carbocycles. The van der Waals surface area contributed by atoms with Crippen molar-refractivity contribution in [2.75, 3.05) is 18.4 Å². The summed E-state index contributed by atoms with van der Waals surface area (Å²) < 4.78 is 25.6. The van der Waals surface area contributed by atoms with E-state index in [4.69, 9.17) is 9.47 Å². The van der Waals surface area contributed by atoms with E-state index in [-0.39, 0.29) is 16.7 Å². The maximum atomic E-state index is 14.1. The molecule has 0 unspecified atom stereocenters. The van der Waals surface area contributed by atoms with Crippen LogP contribution >= 0.6 is 11.3 Å². The third-order valence-corrected chi connectivity index (χ3v) is 6.48. The number of fused-ring (bicyclic) bond motifs is 1. The number of thiophene rings is 1. The van der Waals surface area contributed by atoms with E-state index in [1.165, 1.54) is 24.5 Å². The molecule has 1 N–H and O–H groups in total. The first-order valence-electron chi connectivity index (χ1n) is 10.9. The quantitative estimate of drug-likeness (QED) is 0.475. The SMILES string of the molecule is Cc1c(C(=O)N=O)sc2ncnc(Nc3ccc(F)cc3O[C@@H]3CCN(C(=O)OC(C)(C)C)C3)c12. The van der Waals surface area contributed by atoms with Gasteiger partial charge in [0.2, 0.25) is 0 Å². The van der Waals surface area contributed by atoms with E-state index in [2.05, 4.69) is 20.5 Å². The summed E-state index contributed by atoms with van der Waals surface area (Å²) in [5, 5.41) is 6.19. The number of aromatic nitrogens is 2. The molecule has 10 nitrogen and oxygen atoms in total. The van der Waals surface area contributed by atoms with Crippen molar-refractivity contribution in [1.29, 1.82) is 0 Å². The van der Waals surface area contributed by atoms with Crippen LogP contribution < -0.4 is 10.1 Å². The number of halogens is 1. The Hall–Kier alpha value is -3.67. The van der Waals surface area contributed by atoms with Gasteiger partial charge in [0.25, 0.3) is 0 Å². The molecule has 0 radical (unpaired) electrons. The van der Waals surface area contributed by atoms with E-state index in [9.17, 15) is 18.9 Å². The molecule has 0 bridgehead atoms. The van der Waals surface area contributed by atoms with Gasteiger partial charge < -0.3 is 19.7 Å². The molecule has 1 aliphatic heterocycles. The first kappa shape index (κ1) is 24.5. The van der Waals surface area contributed by atoms with Crippen LogP contribution in [0.1, 0.15) is 42.4 Å². The maximum Gasteiger partial charge on any atom is 0.410 e. The predicted octanol–water partition coefficient (Wildman–Crippen LogP) is 5.18. The molecule has 1 aliphatic rings. The summed E-state index contributed by atoms with van der Waals surface area (Å²) in [5.74, 6) is -0.756. The van der Waals surface area contributed by atoms with Crippen molar-refractivity contribution in [3.05, 3.63) is 45.7 Å². The summed E-state index contributed by atoms with van der Waals surface area (Å²) >= 11 is 1.05. The molecule has 1 saturated heterocycles. The van der Waals surface area contributed by atoms with Gasteiger partial charge in [0.05, 0.1) is 17.6 Å². The number of carbonyl (C=O) groups excluding carboxylic acids is 2. The molecule has 2 aromatic heterocycles. The molecule has 1 atom stereocenters. The van der Waals surface area contributed by atoms with Crippen LogP contribution in [0.2, 0.25) is 0 Å². The Morgan fingerprint density at radius 2 is 2.06 bits per heavy atom. The lowest BCUT2D eigenvalue weighted by Gasteiger charge is -2.24. The van der Waals surface area contributed by atoms with E-state index in [1.807, 2.05) is 0 Å². The minimum absolute atomic E-state index is 0.183. The second kappa shape index (κ2) is 9.53. The Kier molecular flexibility index (Phi) is 6.66. The fourth-order valence-corrected chi connectivity index (χ4v) is 4.76. The number of hydrogen-bond acceptors (Lipinski definition) is 9. The second-order valence-electron chi connectivity index (χ2n) is 9.08. The third kappa shape index (κ3) is 5.37. The number of rotatable bonds is 5. The number of carbonyl (C=O) groups is 2. The molecule has 0 spiro atoms. The number of benzene rings is 1. The number of likely N-dealkylation sites (tertiary alicyclic amines) is 1. The Morgan fingerprint density at radius 3 is 2.77 bits per heavy atom. The van der Waals surface area contributed by atoms with Gasteiger partial charge in [-0.3, -0.25) is 4.79 Å². The largest absolute Gasteiger partial charge is 0.486 e. The lowest BCUT2D eigenvalue weighted by molar-refractivity contribution is 0.0275. The van der Waals surface area contributed by atoms with Gasteiger partial charge in [0.15, 0.2) is 0 Å². The number of amides is 2. The molecule has 3 aromatic rings. The maximum absolute atomic E-state index is 14.1. The van der Waals surface area contributed by atoms with Gasteiger partial charge in [-0.25, -0.2) is 19.2 Å². The topological polar surface area (TPSA) is 123 Å². The summed E-state index contributed by atoms with van der Waals surface area (Å²) in [6.07, 6.45) is 1.10. The summed E-state index contributed by atoms with van der Waals surface area (Å²) in [6.45, 7) is 7.84. The minimum Gasteiger partial charge on any atom is -0.486 e. The van der Waals surface area contributed by atoms with Crippen LogP contribution in [0.25, 0.3) is 10.2 Å². The van der Waals surface area contributed by atoms with Crippen LogP contribution in [-0.2, 0) is 4.74 Å². The normalized spacial score (nSPS) is 15.8. The van der Waals surface area contributed by atoms with E-state index in [0.717, 1.165) is 11.3 Å². The Morgan fingerprint density at radius 1 is 1.29 bits per heavy atom. The highest BCUT2D eigenvalue weighted by molar-refractivity contribution is 7.20. The number of hydrogen-bond donors (Lipinski definition) is 1. The summed E-state index contributed by atoms with van der Waals surface area (Å²) in [5.41, 5.74) is 0.352. The van der Waals surface area contributed by atoms with Gasteiger partial charge in [-0.2, -0.15) is 0 Å². The molecule has 1 fully saturated rings.